The van der Waals surface area contributed by atoms with Gasteiger partial charge in [-0.15, -0.1) is 0 Å². The topological polar surface area (TPSA) is 65.1 Å². The highest BCUT2D eigenvalue weighted by Gasteiger charge is 2.94. The summed E-state index contributed by atoms with van der Waals surface area (Å²) in [6, 6.07) is 27.5. The van der Waals surface area contributed by atoms with E-state index in [1.165, 1.54) is 25.3 Å². The lowest BCUT2D eigenvalue weighted by Crippen LogP contribution is -2.60. The number of hydrogen-bond acceptors (Lipinski definition) is 6. The summed E-state index contributed by atoms with van der Waals surface area (Å²) in [6.07, 6.45) is 1.72. The number of hydrogen-bond donors (Lipinski definition) is 0. The third-order valence-electron chi connectivity index (χ3n) is 12.9. The van der Waals surface area contributed by atoms with Crippen molar-refractivity contribution in [1.82, 2.24) is 4.90 Å². The Labute approximate surface area is 244 Å². The maximum atomic E-state index is 14.9. The van der Waals surface area contributed by atoms with Crippen LogP contribution in [0.15, 0.2) is 78.9 Å². The van der Waals surface area contributed by atoms with Crippen LogP contribution in [0.4, 0.5) is 0 Å². The molecule has 3 aromatic rings. The van der Waals surface area contributed by atoms with E-state index in [-0.39, 0.29) is 65.1 Å². The first-order chi connectivity index (χ1) is 20.6. The average molecular weight is 560 g/mol. The van der Waals surface area contributed by atoms with Gasteiger partial charge in [0.15, 0.2) is 0 Å². The van der Waals surface area contributed by atoms with Crippen molar-refractivity contribution < 1.29 is 23.8 Å². The Bertz CT molecular complexity index is 1600. The number of esters is 2. The molecular weight excluding hydrogens is 526 g/mol. The van der Waals surface area contributed by atoms with E-state index in [4.69, 9.17) is 14.2 Å². The first kappa shape index (κ1) is 24.0. The van der Waals surface area contributed by atoms with Gasteiger partial charge in [0.25, 0.3) is 0 Å². The van der Waals surface area contributed by atoms with Crippen molar-refractivity contribution >= 4 is 11.9 Å². The maximum Gasteiger partial charge on any atom is 0.327 e. The fourth-order valence-electron chi connectivity index (χ4n) is 12.1. The molecule has 7 aliphatic rings. The number of ether oxygens (including phenoxy) is 3. The van der Waals surface area contributed by atoms with Crippen LogP contribution in [0.25, 0.3) is 0 Å². The molecule has 10 atom stereocenters. The molecule has 2 saturated carbocycles. The summed E-state index contributed by atoms with van der Waals surface area (Å²) in [5, 5.41) is 0. The van der Waals surface area contributed by atoms with Gasteiger partial charge in [-0.25, -0.2) is 0 Å². The minimum Gasteiger partial charge on any atom is -0.468 e. The average Bonchev–Trinajstić information content (AvgIpc) is 3.29. The predicted molar refractivity (Wildman–Crippen MR) is 152 cm³/mol. The van der Waals surface area contributed by atoms with E-state index in [0.717, 1.165) is 29.5 Å². The fourth-order valence-corrected chi connectivity index (χ4v) is 12.1. The molecule has 0 aromatic heterocycles. The van der Waals surface area contributed by atoms with E-state index in [1.807, 2.05) is 18.2 Å². The summed E-state index contributed by atoms with van der Waals surface area (Å²) >= 11 is 0. The van der Waals surface area contributed by atoms with Crippen LogP contribution in [0.5, 0.6) is 0 Å². The molecular formula is C36H33NO5. The summed E-state index contributed by atoms with van der Waals surface area (Å²) in [6.45, 7) is 0.476. The molecule has 10 rings (SSSR count). The van der Waals surface area contributed by atoms with Crippen molar-refractivity contribution in [2.24, 2.45) is 29.1 Å². The fraction of sp³-hybridized carbons (Fsp3) is 0.444. The Kier molecular flexibility index (Phi) is 4.31. The Morgan fingerprint density at radius 3 is 1.60 bits per heavy atom. The Morgan fingerprint density at radius 1 is 0.690 bits per heavy atom. The first-order valence-corrected chi connectivity index (χ1v) is 15.4. The molecule has 0 unspecified atom stereocenters. The van der Waals surface area contributed by atoms with Gasteiger partial charge < -0.3 is 14.2 Å². The van der Waals surface area contributed by atoms with Gasteiger partial charge in [-0.2, -0.15) is 0 Å². The highest BCUT2D eigenvalue weighted by atomic mass is 16.5. The lowest BCUT2D eigenvalue weighted by Gasteiger charge is -2.49. The van der Waals surface area contributed by atoms with Crippen molar-refractivity contribution in [2.75, 3.05) is 14.2 Å². The van der Waals surface area contributed by atoms with Crippen molar-refractivity contribution in [1.29, 1.82) is 0 Å². The number of benzene rings is 3. The highest BCUT2D eigenvalue weighted by molar-refractivity contribution is 5.93. The second-order valence-corrected chi connectivity index (χ2v) is 13.7. The monoisotopic (exact) mass is 559 g/mol. The van der Waals surface area contributed by atoms with Gasteiger partial charge in [0, 0.05) is 30.2 Å². The van der Waals surface area contributed by atoms with Crippen molar-refractivity contribution in [3.63, 3.8) is 0 Å². The van der Waals surface area contributed by atoms with Crippen LogP contribution < -0.4 is 0 Å². The van der Waals surface area contributed by atoms with Crippen molar-refractivity contribution in [2.45, 2.75) is 54.5 Å². The molecule has 3 aromatic carbocycles. The molecule has 5 fully saturated rings. The lowest BCUT2D eigenvalue weighted by atomic mass is 9.49. The molecule has 4 heterocycles. The second kappa shape index (κ2) is 7.53. The van der Waals surface area contributed by atoms with Gasteiger partial charge in [0.1, 0.15) is 11.1 Å². The van der Waals surface area contributed by atoms with Gasteiger partial charge >= 0.3 is 11.9 Å². The van der Waals surface area contributed by atoms with E-state index < -0.39 is 11.1 Å². The molecule has 212 valence electrons. The first-order valence-electron chi connectivity index (χ1n) is 15.4. The SMILES string of the molecule is COC(=O)[C@]12[C@@H]3[C@@H]([C@H]4c5ccccc5[C@@H]3C43CC3)[C@](C(=O)OC)([C@@H]3[C@H]1[C@@H]1O[C@H]3c3ccccc31)N2Cc1ccccc1. The molecule has 6 nitrogen and oxygen atoms in total. The van der Waals surface area contributed by atoms with Crippen molar-refractivity contribution in [3.8, 4) is 0 Å². The summed E-state index contributed by atoms with van der Waals surface area (Å²) in [7, 11) is 3.04. The van der Waals surface area contributed by atoms with Crippen molar-refractivity contribution in [3.05, 3.63) is 107 Å². The van der Waals surface area contributed by atoms with Gasteiger partial charge in [0.2, 0.25) is 0 Å². The van der Waals surface area contributed by atoms with E-state index in [1.54, 1.807) is 0 Å². The van der Waals surface area contributed by atoms with Crippen LogP contribution in [0, 0.1) is 29.1 Å². The quantitative estimate of drug-likeness (QED) is 0.404. The summed E-state index contributed by atoms with van der Waals surface area (Å²) in [5.41, 5.74) is 4.18. The number of methoxy groups -OCH3 is 2. The number of carbonyl (C=O) groups is 2. The van der Waals surface area contributed by atoms with Gasteiger partial charge in [0.05, 0.1) is 26.4 Å². The van der Waals surface area contributed by atoms with Crippen LogP contribution >= 0.6 is 0 Å². The normalized spacial score (nSPS) is 41.4. The smallest absolute Gasteiger partial charge is 0.327 e. The standard InChI is InChI=1S/C36H33NO5/c1-40-32(38)35-26-24-20-12-6-7-13-21(20)25(34(24)16-17-34)27(26)36(33(39)41-2,37(35)18-19-10-4-3-5-11-19)29-28(35)30-22-14-8-9-15-23(22)31(29)42-30/h3-15,24-31H,16-18H2,1-2H3/t24-,25+,26-,27+,28-,29+,30+,31-,35-,36+. The molecule has 1 spiro atoms. The van der Waals surface area contributed by atoms with Gasteiger partial charge in [-0.3, -0.25) is 14.5 Å². The van der Waals surface area contributed by atoms with Crippen LogP contribution in [-0.4, -0.2) is 42.1 Å². The van der Waals surface area contributed by atoms with Crippen LogP contribution in [0.1, 0.15) is 64.7 Å². The number of fused-ring (bicyclic) bond motifs is 20. The second-order valence-electron chi connectivity index (χ2n) is 13.7. The minimum absolute atomic E-state index is 0.0634. The molecule has 42 heavy (non-hydrogen) atoms. The zero-order valence-corrected chi connectivity index (χ0v) is 23.7. The Hall–Kier alpha value is -3.48. The molecule has 6 heteroatoms. The van der Waals surface area contributed by atoms with E-state index in [0.29, 0.717) is 6.54 Å². The largest absolute Gasteiger partial charge is 0.468 e. The van der Waals surface area contributed by atoms with E-state index in [2.05, 4.69) is 65.6 Å². The third kappa shape index (κ3) is 2.24. The highest BCUT2D eigenvalue weighted by Crippen LogP contribution is 2.90. The lowest BCUT2D eigenvalue weighted by molar-refractivity contribution is -0.167. The van der Waals surface area contributed by atoms with Gasteiger partial charge in [-0.05, 0) is 57.9 Å². The van der Waals surface area contributed by atoms with Crippen LogP contribution in [-0.2, 0) is 30.3 Å². The molecule has 3 saturated heterocycles. The Morgan fingerprint density at radius 2 is 1.14 bits per heavy atom. The summed E-state index contributed by atoms with van der Waals surface area (Å²) in [5.74, 6) is -0.598. The number of nitrogens with zero attached hydrogens (tertiary/aromatic N) is 1. The third-order valence-corrected chi connectivity index (χ3v) is 12.9. The number of rotatable bonds is 4. The van der Waals surface area contributed by atoms with E-state index in [9.17, 15) is 9.59 Å². The van der Waals surface area contributed by atoms with Crippen LogP contribution in [0.2, 0.25) is 0 Å². The van der Waals surface area contributed by atoms with Gasteiger partial charge in [-0.1, -0.05) is 78.9 Å². The molecule has 4 aliphatic heterocycles. The molecule has 0 amide bonds. The summed E-state index contributed by atoms with van der Waals surface area (Å²) < 4.78 is 18.7. The maximum absolute atomic E-state index is 14.9. The van der Waals surface area contributed by atoms with E-state index >= 15 is 0 Å². The zero-order valence-electron chi connectivity index (χ0n) is 23.7. The number of carbonyl (C=O) groups excluding carboxylic acids is 2. The zero-order chi connectivity index (χ0) is 28.2. The molecule has 0 radical (unpaired) electrons. The molecule has 0 N–H and O–H groups in total. The Balaban J connectivity index is 1.31. The minimum atomic E-state index is -1.02. The molecule has 6 bridgehead atoms. The van der Waals surface area contributed by atoms with Crippen LogP contribution in [0.3, 0.4) is 0 Å². The predicted octanol–water partition coefficient (Wildman–Crippen LogP) is 5.31. The summed E-state index contributed by atoms with van der Waals surface area (Å²) in [4.78, 5) is 32.1. The molecule has 3 aliphatic carbocycles.